The quantitative estimate of drug-likeness (QED) is 0.738. The van der Waals surface area contributed by atoms with Crippen molar-refractivity contribution in [2.75, 3.05) is 10.6 Å². The summed E-state index contributed by atoms with van der Waals surface area (Å²) in [5.74, 6) is -0.810. The third-order valence-electron chi connectivity index (χ3n) is 4.99. The van der Waals surface area contributed by atoms with E-state index in [4.69, 9.17) is 0 Å². The smallest absolute Gasteiger partial charge is 0.228 e. The summed E-state index contributed by atoms with van der Waals surface area (Å²) in [5, 5.41) is 6.85. The first kappa shape index (κ1) is 17.2. The molecule has 2 N–H and O–H groups in total. The van der Waals surface area contributed by atoms with Gasteiger partial charge in [-0.3, -0.25) is 14.6 Å². The number of pyridine rings is 1. The fourth-order valence-electron chi connectivity index (χ4n) is 3.38. The molecule has 5 heteroatoms. The molecule has 2 aromatic carbocycles. The van der Waals surface area contributed by atoms with Crippen molar-refractivity contribution in [3.63, 3.8) is 0 Å². The number of fused-ring (bicyclic) bond motifs is 1. The van der Waals surface area contributed by atoms with Gasteiger partial charge in [0.1, 0.15) is 0 Å². The molecule has 0 saturated heterocycles. The summed E-state index contributed by atoms with van der Waals surface area (Å²) in [7, 11) is 0. The molecule has 2 amide bonds. The lowest BCUT2D eigenvalue weighted by molar-refractivity contribution is -0.122. The average Bonchev–Trinajstić information content (AvgIpc) is 3.45. The van der Waals surface area contributed by atoms with Crippen LogP contribution in [0.5, 0.6) is 0 Å². The number of amides is 2. The molecule has 0 bridgehead atoms. The van der Waals surface area contributed by atoms with Crippen LogP contribution in [0, 0.1) is 25.7 Å². The molecule has 1 fully saturated rings. The lowest BCUT2D eigenvalue weighted by Gasteiger charge is -2.10. The summed E-state index contributed by atoms with van der Waals surface area (Å²) in [5.41, 5.74) is 4.41. The average molecular weight is 359 g/mol. The van der Waals surface area contributed by atoms with E-state index in [0.29, 0.717) is 12.1 Å². The van der Waals surface area contributed by atoms with E-state index in [2.05, 4.69) is 15.6 Å². The molecule has 5 nitrogen and oxygen atoms in total. The molecule has 136 valence electrons. The Kier molecular flexibility index (Phi) is 4.36. The van der Waals surface area contributed by atoms with Gasteiger partial charge in [0.05, 0.1) is 23.0 Å². The number of benzene rings is 2. The Morgan fingerprint density at radius 3 is 2.37 bits per heavy atom. The Morgan fingerprint density at radius 1 is 0.926 bits per heavy atom. The van der Waals surface area contributed by atoms with Crippen LogP contribution in [0.1, 0.15) is 17.5 Å². The Bertz CT molecular complexity index is 1040. The Balaban J connectivity index is 1.42. The predicted molar refractivity (Wildman–Crippen MR) is 107 cm³/mol. The SMILES string of the molecule is Cc1ccc(NC(=O)C2CC2C(=O)Nc2cccc3cccnc23)c(C)c1. The molecule has 3 aromatic rings. The van der Waals surface area contributed by atoms with Crippen molar-refractivity contribution in [1.82, 2.24) is 4.98 Å². The van der Waals surface area contributed by atoms with Crippen LogP contribution in [-0.4, -0.2) is 16.8 Å². The number of rotatable bonds is 4. The zero-order valence-corrected chi connectivity index (χ0v) is 15.3. The highest BCUT2D eigenvalue weighted by Gasteiger charge is 2.48. The molecular formula is C22H21N3O2. The van der Waals surface area contributed by atoms with Crippen LogP contribution < -0.4 is 10.6 Å². The van der Waals surface area contributed by atoms with Gasteiger partial charge in [-0.1, -0.05) is 35.9 Å². The number of nitrogens with one attached hydrogen (secondary N) is 2. The fraction of sp³-hybridized carbons (Fsp3) is 0.227. The second kappa shape index (κ2) is 6.83. The van der Waals surface area contributed by atoms with Crippen molar-refractivity contribution in [2.45, 2.75) is 20.3 Å². The fourth-order valence-corrected chi connectivity index (χ4v) is 3.38. The molecule has 1 aromatic heterocycles. The third-order valence-corrected chi connectivity index (χ3v) is 4.99. The maximum atomic E-state index is 12.6. The number of carbonyl (C=O) groups is 2. The van der Waals surface area contributed by atoms with E-state index in [-0.39, 0.29) is 23.7 Å². The number of carbonyl (C=O) groups excluding carboxylic acids is 2. The third kappa shape index (κ3) is 3.53. The molecule has 1 aliphatic carbocycles. The van der Waals surface area contributed by atoms with Gasteiger partial charge >= 0.3 is 0 Å². The normalized spacial score (nSPS) is 18.1. The van der Waals surface area contributed by atoms with Gasteiger partial charge in [0.15, 0.2) is 0 Å². The summed E-state index contributed by atoms with van der Waals surface area (Å²) in [6.07, 6.45) is 2.27. The summed E-state index contributed by atoms with van der Waals surface area (Å²) < 4.78 is 0. The monoisotopic (exact) mass is 359 g/mol. The van der Waals surface area contributed by atoms with Gasteiger partial charge in [-0.25, -0.2) is 0 Å². The van der Waals surface area contributed by atoms with E-state index >= 15 is 0 Å². The van der Waals surface area contributed by atoms with Gasteiger partial charge in [0.2, 0.25) is 11.8 Å². The van der Waals surface area contributed by atoms with E-state index in [1.807, 2.05) is 62.4 Å². The first-order valence-electron chi connectivity index (χ1n) is 9.05. The summed E-state index contributed by atoms with van der Waals surface area (Å²) in [6, 6.07) is 15.4. The standard InChI is InChI=1S/C22H21N3O2/c1-13-8-9-18(14(2)11-13)24-21(26)16-12-17(16)22(27)25-19-7-3-5-15-6-4-10-23-20(15)19/h3-11,16-17H,12H2,1-2H3,(H,24,26)(H,25,27). The van der Waals surface area contributed by atoms with E-state index in [1.54, 1.807) is 6.20 Å². The van der Waals surface area contributed by atoms with Crippen LogP contribution in [0.2, 0.25) is 0 Å². The molecule has 27 heavy (non-hydrogen) atoms. The van der Waals surface area contributed by atoms with E-state index in [0.717, 1.165) is 27.7 Å². The first-order chi connectivity index (χ1) is 13.0. The Labute approximate surface area is 157 Å². The first-order valence-corrected chi connectivity index (χ1v) is 9.05. The number of aryl methyl sites for hydroxylation is 2. The number of nitrogens with zero attached hydrogens (tertiary/aromatic N) is 1. The minimum absolute atomic E-state index is 0.0989. The minimum Gasteiger partial charge on any atom is -0.326 e. The highest BCUT2D eigenvalue weighted by molar-refractivity contribution is 6.06. The lowest BCUT2D eigenvalue weighted by atomic mass is 10.1. The lowest BCUT2D eigenvalue weighted by Crippen LogP contribution is -2.21. The highest BCUT2D eigenvalue weighted by atomic mass is 16.2. The number of hydrogen-bond acceptors (Lipinski definition) is 3. The number of hydrogen-bond donors (Lipinski definition) is 2. The molecule has 0 radical (unpaired) electrons. The molecular weight excluding hydrogens is 338 g/mol. The minimum atomic E-state index is -0.297. The zero-order chi connectivity index (χ0) is 19.0. The van der Waals surface area contributed by atoms with Gasteiger partial charge in [-0.15, -0.1) is 0 Å². The van der Waals surface area contributed by atoms with Gasteiger partial charge in [0, 0.05) is 17.3 Å². The van der Waals surface area contributed by atoms with Crippen molar-refractivity contribution in [3.8, 4) is 0 Å². The van der Waals surface area contributed by atoms with Crippen molar-refractivity contribution in [2.24, 2.45) is 11.8 Å². The Hall–Kier alpha value is -3.21. The van der Waals surface area contributed by atoms with E-state index < -0.39 is 0 Å². The molecule has 0 spiro atoms. The topological polar surface area (TPSA) is 71.1 Å². The van der Waals surface area contributed by atoms with Gasteiger partial charge in [-0.2, -0.15) is 0 Å². The number of para-hydroxylation sites is 1. The van der Waals surface area contributed by atoms with Crippen LogP contribution in [0.15, 0.2) is 54.7 Å². The number of anilines is 2. The maximum absolute atomic E-state index is 12.6. The molecule has 4 rings (SSSR count). The molecule has 2 atom stereocenters. The molecule has 1 saturated carbocycles. The van der Waals surface area contributed by atoms with Gasteiger partial charge in [-0.05, 0) is 44.0 Å². The molecule has 0 aliphatic heterocycles. The summed E-state index contributed by atoms with van der Waals surface area (Å²) in [4.78, 5) is 29.4. The van der Waals surface area contributed by atoms with Crippen molar-refractivity contribution < 1.29 is 9.59 Å². The Morgan fingerprint density at radius 2 is 1.63 bits per heavy atom. The number of aromatic nitrogens is 1. The van der Waals surface area contributed by atoms with Crippen molar-refractivity contribution >= 4 is 34.1 Å². The van der Waals surface area contributed by atoms with Crippen LogP contribution in [0.3, 0.4) is 0 Å². The maximum Gasteiger partial charge on any atom is 0.228 e. The molecule has 1 heterocycles. The van der Waals surface area contributed by atoms with E-state index in [9.17, 15) is 9.59 Å². The highest BCUT2D eigenvalue weighted by Crippen LogP contribution is 2.40. The van der Waals surface area contributed by atoms with Crippen LogP contribution >= 0.6 is 0 Å². The van der Waals surface area contributed by atoms with Crippen LogP contribution in [0.4, 0.5) is 11.4 Å². The van der Waals surface area contributed by atoms with Gasteiger partial charge < -0.3 is 10.6 Å². The second-order valence-corrected chi connectivity index (χ2v) is 7.13. The second-order valence-electron chi connectivity index (χ2n) is 7.13. The molecule has 1 aliphatic rings. The van der Waals surface area contributed by atoms with Crippen molar-refractivity contribution in [3.05, 3.63) is 65.9 Å². The predicted octanol–water partition coefficient (Wildman–Crippen LogP) is 4.06. The van der Waals surface area contributed by atoms with Crippen LogP contribution in [-0.2, 0) is 9.59 Å². The van der Waals surface area contributed by atoms with Crippen molar-refractivity contribution in [1.29, 1.82) is 0 Å². The van der Waals surface area contributed by atoms with Crippen LogP contribution in [0.25, 0.3) is 10.9 Å². The molecule has 2 unspecified atom stereocenters. The van der Waals surface area contributed by atoms with Gasteiger partial charge in [0.25, 0.3) is 0 Å². The zero-order valence-electron chi connectivity index (χ0n) is 15.3. The van der Waals surface area contributed by atoms with E-state index in [1.165, 1.54) is 0 Å². The summed E-state index contributed by atoms with van der Waals surface area (Å²) >= 11 is 0. The summed E-state index contributed by atoms with van der Waals surface area (Å²) in [6.45, 7) is 3.98. The largest absolute Gasteiger partial charge is 0.326 e.